The molecule has 1 unspecified atom stereocenters. The van der Waals surface area contributed by atoms with Gasteiger partial charge in [-0.15, -0.1) is 0 Å². The Hall–Kier alpha value is -4.20. The molecule has 2 amide bonds. The molecule has 0 saturated carbocycles. The average Bonchev–Trinajstić information content (AvgIpc) is 3.16. The van der Waals surface area contributed by atoms with E-state index in [1.807, 2.05) is 24.3 Å². The Morgan fingerprint density at radius 2 is 1.66 bits per heavy atom. The molecule has 35 heavy (non-hydrogen) atoms. The van der Waals surface area contributed by atoms with E-state index in [9.17, 15) is 14.4 Å². The van der Waals surface area contributed by atoms with Gasteiger partial charge in [0.25, 0.3) is 0 Å². The van der Waals surface area contributed by atoms with E-state index in [1.54, 1.807) is 19.1 Å². The van der Waals surface area contributed by atoms with Crippen molar-refractivity contribution in [1.29, 1.82) is 0 Å². The zero-order chi connectivity index (χ0) is 24.8. The molecule has 1 atom stereocenters. The van der Waals surface area contributed by atoms with Crippen molar-refractivity contribution >= 4 is 23.7 Å². The summed E-state index contributed by atoms with van der Waals surface area (Å²) in [6, 6.07) is 19.6. The van der Waals surface area contributed by atoms with Crippen LogP contribution in [0.1, 0.15) is 36.1 Å². The number of carbonyl (C=O) groups excluding carboxylic acids is 2. The van der Waals surface area contributed by atoms with Crippen LogP contribution in [0.4, 0.5) is 10.5 Å². The molecule has 1 aliphatic carbocycles. The average molecular weight is 474 g/mol. The van der Waals surface area contributed by atoms with E-state index < -0.39 is 12.1 Å². The summed E-state index contributed by atoms with van der Waals surface area (Å²) in [4.78, 5) is 39.4. The lowest BCUT2D eigenvalue weighted by molar-refractivity contribution is -0.138. The molecule has 0 bridgehead atoms. The standard InChI is InChI=1S/C27H27N3O5/c1-17(12-26(32)33)14-29-25(31)13-18-10-11-19(15-28-18)30-27(34)35-16-24-22-8-4-2-6-20(22)21-7-3-5-9-23(21)24/h2-11,15,17,24H,12-14,16H2,1H3,(H,29,31)(H,30,34)(H,32,33). The van der Waals surface area contributed by atoms with Gasteiger partial charge in [-0.25, -0.2) is 4.79 Å². The molecule has 180 valence electrons. The van der Waals surface area contributed by atoms with Gasteiger partial charge >= 0.3 is 12.1 Å². The van der Waals surface area contributed by atoms with Gasteiger partial charge in [0.2, 0.25) is 5.91 Å². The third-order valence-electron chi connectivity index (χ3n) is 5.93. The number of hydrogen-bond acceptors (Lipinski definition) is 5. The summed E-state index contributed by atoms with van der Waals surface area (Å²) in [6.45, 7) is 2.26. The Morgan fingerprint density at radius 1 is 1.00 bits per heavy atom. The molecule has 3 aromatic rings. The molecule has 0 spiro atoms. The summed E-state index contributed by atoms with van der Waals surface area (Å²) in [7, 11) is 0. The first-order valence-electron chi connectivity index (χ1n) is 11.5. The highest BCUT2D eigenvalue weighted by atomic mass is 16.5. The van der Waals surface area contributed by atoms with Crippen molar-refractivity contribution in [2.24, 2.45) is 5.92 Å². The quantitative estimate of drug-likeness (QED) is 0.429. The molecule has 8 heteroatoms. The number of amides is 2. The van der Waals surface area contributed by atoms with Crippen LogP contribution in [0.25, 0.3) is 11.1 Å². The number of aliphatic carboxylic acids is 1. The number of benzene rings is 2. The Kier molecular flexibility index (Phi) is 7.40. The Labute approximate surface area is 203 Å². The van der Waals surface area contributed by atoms with E-state index in [1.165, 1.54) is 6.20 Å². The van der Waals surface area contributed by atoms with Gasteiger partial charge in [0.1, 0.15) is 6.61 Å². The lowest BCUT2D eigenvalue weighted by Crippen LogP contribution is -2.30. The van der Waals surface area contributed by atoms with Crippen molar-refractivity contribution in [2.75, 3.05) is 18.5 Å². The molecule has 0 aliphatic heterocycles. The van der Waals surface area contributed by atoms with E-state index in [0.29, 0.717) is 11.4 Å². The third-order valence-corrected chi connectivity index (χ3v) is 5.93. The molecule has 1 aliphatic rings. The number of hydrogen-bond donors (Lipinski definition) is 3. The van der Waals surface area contributed by atoms with Crippen molar-refractivity contribution in [1.82, 2.24) is 10.3 Å². The number of carboxylic acids is 1. The number of nitrogens with zero attached hydrogens (tertiary/aromatic N) is 1. The first-order valence-corrected chi connectivity index (χ1v) is 11.5. The normalized spacial score (nSPS) is 12.8. The second-order valence-corrected chi connectivity index (χ2v) is 8.67. The SMILES string of the molecule is CC(CNC(=O)Cc1ccc(NC(=O)OCC2c3ccccc3-c3ccccc32)cn1)CC(=O)O. The molecule has 0 radical (unpaired) electrons. The smallest absolute Gasteiger partial charge is 0.411 e. The molecule has 4 rings (SSSR count). The molecule has 0 saturated heterocycles. The van der Waals surface area contributed by atoms with E-state index in [2.05, 4.69) is 39.9 Å². The van der Waals surface area contributed by atoms with Gasteiger partial charge < -0.3 is 15.2 Å². The largest absolute Gasteiger partial charge is 0.481 e. The van der Waals surface area contributed by atoms with Crippen molar-refractivity contribution in [3.63, 3.8) is 0 Å². The molecule has 0 fully saturated rings. The lowest BCUT2D eigenvalue weighted by atomic mass is 9.98. The first-order chi connectivity index (χ1) is 16.9. The van der Waals surface area contributed by atoms with E-state index in [4.69, 9.17) is 9.84 Å². The van der Waals surface area contributed by atoms with Gasteiger partial charge in [-0.3, -0.25) is 19.9 Å². The predicted octanol–water partition coefficient (Wildman–Crippen LogP) is 4.21. The fourth-order valence-corrected chi connectivity index (χ4v) is 4.24. The summed E-state index contributed by atoms with van der Waals surface area (Å²) >= 11 is 0. The summed E-state index contributed by atoms with van der Waals surface area (Å²) < 4.78 is 5.54. The Bertz CT molecular complexity index is 1180. The summed E-state index contributed by atoms with van der Waals surface area (Å²) in [5.41, 5.74) is 5.61. The van der Waals surface area contributed by atoms with Crippen molar-refractivity contribution in [3.05, 3.63) is 83.7 Å². The maximum Gasteiger partial charge on any atom is 0.411 e. The third kappa shape index (κ3) is 6.03. The van der Waals surface area contributed by atoms with E-state index in [0.717, 1.165) is 22.3 Å². The highest BCUT2D eigenvalue weighted by molar-refractivity contribution is 5.85. The highest BCUT2D eigenvalue weighted by Gasteiger charge is 2.29. The molecule has 3 N–H and O–H groups in total. The Balaban J connectivity index is 1.27. The summed E-state index contributed by atoms with van der Waals surface area (Å²) in [6.07, 6.45) is 0.947. The van der Waals surface area contributed by atoms with Gasteiger partial charge in [0.05, 0.1) is 18.3 Å². The number of nitrogens with one attached hydrogen (secondary N) is 2. The minimum Gasteiger partial charge on any atom is -0.481 e. The van der Waals surface area contributed by atoms with Gasteiger partial charge in [-0.05, 0) is 40.3 Å². The lowest BCUT2D eigenvalue weighted by Gasteiger charge is -2.14. The summed E-state index contributed by atoms with van der Waals surface area (Å²) in [5.74, 6) is -1.32. The molecule has 1 heterocycles. The number of carbonyl (C=O) groups is 3. The molecule has 1 aromatic heterocycles. The number of anilines is 1. The number of pyridine rings is 1. The van der Waals surface area contributed by atoms with Gasteiger partial charge in [-0.2, -0.15) is 0 Å². The van der Waals surface area contributed by atoms with Crippen molar-refractivity contribution in [3.8, 4) is 11.1 Å². The van der Waals surface area contributed by atoms with Crippen LogP contribution >= 0.6 is 0 Å². The maximum absolute atomic E-state index is 12.4. The van der Waals surface area contributed by atoms with Crippen molar-refractivity contribution < 1.29 is 24.2 Å². The maximum atomic E-state index is 12.4. The van der Waals surface area contributed by atoms with Crippen LogP contribution in [-0.4, -0.2) is 41.2 Å². The molecule has 2 aromatic carbocycles. The topological polar surface area (TPSA) is 118 Å². The van der Waals surface area contributed by atoms with Crippen LogP contribution in [-0.2, 0) is 20.7 Å². The summed E-state index contributed by atoms with van der Waals surface area (Å²) in [5, 5.41) is 14.2. The number of fused-ring (bicyclic) bond motifs is 3. The number of rotatable bonds is 9. The minimum atomic E-state index is -0.895. The minimum absolute atomic E-state index is 0.00519. The second-order valence-electron chi connectivity index (χ2n) is 8.67. The van der Waals surface area contributed by atoms with Crippen LogP contribution in [0.5, 0.6) is 0 Å². The van der Waals surface area contributed by atoms with Crippen LogP contribution in [0.3, 0.4) is 0 Å². The van der Waals surface area contributed by atoms with Crippen LogP contribution < -0.4 is 10.6 Å². The van der Waals surface area contributed by atoms with Gasteiger partial charge in [-0.1, -0.05) is 55.5 Å². The monoisotopic (exact) mass is 473 g/mol. The number of carboxylic acid groups (broad SMARTS) is 1. The molecular weight excluding hydrogens is 446 g/mol. The van der Waals surface area contributed by atoms with Gasteiger partial charge in [0.15, 0.2) is 0 Å². The number of ether oxygens (including phenoxy) is 1. The molecule has 8 nitrogen and oxygen atoms in total. The zero-order valence-electron chi connectivity index (χ0n) is 19.4. The first kappa shape index (κ1) is 23.9. The fraction of sp³-hybridized carbons (Fsp3) is 0.259. The second kappa shape index (κ2) is 10.8. The fourth-order valence-electron chi connectivity index (χ4n) is 4.24. The number of aromatic nitrogens is 1. The Morgan fingerprint density at radius 3 is 2.26 bits per heavy atom. The van der Waals surface area contributed by atoms with E-state index >= 15 is 0 Å². The highest BCUT2D eigenvalue weighted by Crippen LogP contribution is 2.44. The van der Waals surface area contributed by atoms with E-state index in [-0.39, 0.29) is 43.7 Å². The predicted molar refractivity (Wildman–Crippen MR) is 131 cm³/mol. The van der Waals surface area contributed by atoms with Crippen LogP contribution in [0, 0.1) is 5.92 Å². The van der Waals surface area contributed by atoms with Crippen LogP contribution in [0.2, 0.25) is 0 Å². The van der Waals surface area contributed by atoms with Gasteiger partial charge in [0, 0.05) is 24.6 Å². The van der Waals surface area contributed by atoms with Crippen molar-refractivity contribution in [2.45, 2.75) is 25.7 Å². The van der Waals surface area contributed by atoms with Crippen LogP contribution in [0.15, 0.2) is 66.9 Å². The zero-order valence-corrected chi connectivity index (χ0v) is 19.4. The molecular formula is C27H27N3O5.